The molecule has 1 atom stereocenters. The first kappa shape index (κ1) is 66.8. The molecular formula is C65H106O6. The molecule has 0 N–H and O–H groups in total. The molecule has 0 saturated carbocycles. The second-order valence-corrected chi connectivity index (χ2v) is 18.8. The smallest absolute Gasteiger partial charge is 0.306 e. The average Bonchev–Trinajstić information content (AvgIpc) is 3.37. The molecule has 0 amide bonds. The fourth-order valence-corrected chi connectivity index (χ4v) is 7.59. The third kappa shape index (κ3) is 56.6. The van der Waals surface area contributed by atoms with Crippen LogP contribution in [0, 0.1) is 0 Å². The van der Waals surface area contributed by atoms with Gasteiger partial charge < -0.3 is 14.2 Å². The minimum absolute atomic E-state index is 0.115. The molecule has 0 aliphatic rings. The number of hydrogen-bond acceptors (Lipinski definition) is 6. The Bertz CT molecular complexity index is 1500. The topological polar surface area (TPSA) is 78.9 Å². The van der Waals surface area contributed by atoms with Gasteiger partial charge in [-0.05, 0) is 122 Å². The maximum absolute atomic E-state index is 12.9. The van der Waals surface area contributed by atoms with Gasteiger partial charge in [0.2, 0.25) is 0 Å². The van der Waals surface area contributed by atoms with Crippen molar-refractivity contribution < 1.29 is 28.6 Å². The number of ether oxygens (including phenoxy) is 3. The van der Waals surface area contributed by atoms with Crippen LogP contribution in [0.5, 0.6) is 0 Å². The minimum atomic E-state index is -0.824. The van der Waals surface area contributed by atoms with Crippen LogP contribution in [-0.2, 0) is 28.6 Å². The van der Waals surface area contributed by atoms with Crippen molar-refractivity contribution in [3.63, 3.8) is 0 Å². The molecule has 0 radical (unpaired) electrons. The number of carbonyl (C=O) groups is 3. The summed E-state index contributed by atoms with van der Waals surface area (Å²) in [6, 6.07) is 0. The Labute approximate surface area is 437 Å². The summed E-state index contributed by atoms with van der Waals surface area (Å²) in [5.74, 6) is -1.03. The SMILES string of the molecule is CC/C=C\C/C=C\C/C=C\C/C=C\CCC(=O)OCC(COC(=O)CCCCCCCC/C=C\C/C=C\C/C=C\CCCCCCC)OC(=O)CCCCCCCC/C=C\C/C=C\C/C=C\CCCCC. The zero-order valence-corrected chi connectivity index (χ0v) is 45.9. The minimum Gasteiger partial charge on any atom is -0.462 e. The summed E-state index contributed by atoms with van der Waals surface area (Å²) in [5, 5.41) is 0. The van der Waals surface area contributed by atoms with Crippen molar-refractivity contribution in [3.05, 3.63) is 122 Å². The Morgan fingerprint density at radius 3 is 0.972 bits per heavy atom. The standard InChI is InChI=1S/C65H106O6/c1-4-7-10-13-16-19-22-25-27-29-31-32-34-35-37-40-43-46-49-52-55-58-64(67)70-61-62(60-69-63(66)57-54-51-48-45-42-39-24-21-18-15-12-9-6-3)71-65(68)59-56-53-50-47-44-41-38-36-33-30-28-26-23-20-17-14-11-8-5-2/h9,12,17-18,20-22,25-26,28-29,31,33-36,39,42,48,51,62H,4-8,10-11,13-16,19,23-24,27,30,32,37-38,40-41,43-47,49-50,52-61H2,1-3H3/b12-9-,20-17-,21-18-,25-22-,28-26-,31-29-,35-34-,36-33-,42-39-,51-48-. The second-order valence-electron chi connectivity index (χ2n) is 18.8. The van der Waals surface area contributed by atoms with Gasteiger partial charge in [0.15, 0.2) is 6.10 Å². The first-order chi connectivity index (χ1) is 35.0. The summed E-state index contributed by atoms with van der Waals surface area (Å²) < 4.78 is 16.8. The highest BCUT2D eigenvalue weighted by molar-refractivity contribution is 5.71. The molecule has 0 heterocycles. The molecule has 0 aliphatic carbocycles. The molecule has 0 aromatic heterocycles. The van der Waals surface area contributed by atoms with Crippen molar-refractivity contribution >= 4 is 17.9 Å². The van der Waals surface area contributed by atoms with Crippen molar-refractivity contribution in [1.82, 2.24) is 0 Å². The molecule has 0 fully saturated rings. The lowest BCUT2D eigenvalue weighted by atomic mass is 10.1. The van der Waals surface area contributed by atoms with Gasteiger partial charge >= 0.3 is 17.9 Å². The molecule has 0 aromatic rings. The maximum Gasteiger partial charge on any atom is 0.306 e. The van der Waals surface area contributed by atoms with E-state index < -0.39 is 6.10 Å². The highest BCUT2D eigenvalue weighted by Crippen LogP contribution is 2.13. The van der Waals surface area contributed by atoms with Crippen molar-refractivity contribution in [2.24, 2.45) is 0 Å². The van der Waals surface area contributed by atoms with Gasteiger partial charge in [0.25, 0.3) is 0 Å². The van der Waals surface area contributed by atoms with Crippen LogP contribution in [0.15, 0.2) is 122 Å². The Morgan fingerprint density at radius 1 is 0.296 bits per heavy atom. The van der Waals surface area contributed by atoms with Gasteiger partial charge in [0, 0.05) is 19.3 Å². The summed E-state index contributed by atoms with van der Waals surface area (Å²) in [4.78, 5) is 38.1. The number of carbonyl (C=O) groups excluding carboxylic acids is 3. The zero-order chi connectivity index (χ0) is 51.4. The summed E-state index contributed by atoms with van der Waals surface area (Å²) >= 11 is 0. The maximum atomic E-state index is 12.9. The third-order valence-electron chi connectivity index (χ3n) is 11.9. The van der Waals surface area contributed by atoms with E-state index in [-0.39, 0.29) is 37.5 Å². The molecule has 402 valence electrons. The predicted octanol–water partition coefficient (Wildman–Crippen LogP) is 19.6. The van der Waals surface area contributed by atoms with E-state index >= 15 is 0 Å². The normalized spacial score (nSPS) is 13.0. The van der Waals surface area contributed by atoms with Gasteiger partial charge in [-0.1, -0.05) is 232 Å². The Kier molecular flexibility index (Phi) is 54.9. The van der Waals surface area contributed by atoms with E-state index in [1.165, 1.54) is 89.9 Å². The van der Waals surface area contributed by atoms with E-state index in [1.54, 1.807) is 0 Å². The Morgan fingerprint density at radius 2 is 0.577 bits per heavy atom. The lowest BCUT2D eigenvalue weighted by Gasteiger charge is -2.18. The van der Waals surface area contributed by atoms with Crippen LogP contribution in [-0.4, -0.2) is 37.2 Å². The van der Waals surface area contributed by atoms with Crippen LogP contribution >= 0.6 is 0 Å². The van der Waals surface area contributed by atoms with Gasteiger partial charge in [0.1, 0.15) is 13.2 Å². The molecule has 1 unspecified atom stereocenters. The average molecular weight is 984 g/mol. The summed E-state index contributed by atoms with van der Waals surface area (Å²) in [7, 11) is 0. The number of unbranched alkanes of at least 4 members (excludes halogenated alkanes) is 20. The van der Waals surface area contributed by atoms with E-state index in [0.29, 0.717) is 19.3 Å². The number of allylic oxidation sites excluding steroid dienone is 20. The second kappa shape index (κ2) is 58.4. The van der Waals surface area contributed by atoms with E-state index in [2.05, 4.69) is 130 Å². The lowest BCUT2D eigenvalue weighted by Crippen LogP contribution is -2.30. The third-order valence-corrected chi connectivity index (χ3v) is 11.9. The lowest BCUT2D eigenvalue weighted by molar-refractivity contribution is -0.166. The summed E-state index contributed by atoms with van der Waals surface area (Å²) in [5.41, 5.74) is 0. The molecule has 0 bridgehead atoms. The molecule has 0 saturated heterocycles. The van der Waals surface area contributed by atoms with Crippen LogP contribution in [0.1, 0.15) is 252 Å². The van der Waals surface area contributed by atoms with Gasteiger partial charge in [-0.3, -0.25) is 14.4 Å². The molecule has 0 aliphatic heterocycles. The van der Waals surface area contributed by atoms with Crippen molar-refractivity contribution in [1.29, 1.82) is 0 Å². The van der Waals surface area contributed by atoms with Gasteiger partial charge in [-0.2, -0.15) is 0 Å². The molecule has 6 heteroatoms. The summed E-state index contributed by atoms with van der Waals surface area (Å²) in [6.45, 7) is 6.39. The molecule has 0 aromatic carbocycles. The predicted molar refractivity (Wildman–Crippen MR) is 306 cm³/mol. The fraction of sp³-hybridized carbons (Fsp3) is 0.646. The Hall–Kier alpha value is -4.19. The largest absolute Gasteiger partial charge is 0.462 e. The molecule has 6 nitrogen and oxygen atoms in total. The zero-order valence-electron chi connectivity index (χ0n) is 45.9. The van der Waals surface area contributed by atoms with E-state index in [9.17, 15) is 14.4 Å². The first-order valence-corrected chi connectivity index (χ1v) is 29.0. The number of esters is 3. The van der Waals surface area contributed by atoms with Gasteiger partial charge in [-0.15, -0.1) is 0 Å². The number of hydrogen-bond donors (Lipinski definition) is 0. The monoisotopic (exact) mass is 983 g/mol. The van der Waals surface area contributed by atoms with Crippen LogP contribution in [0.4, 0.5) is 0 Å². The van der Waals surface area contributed by atoms with Crippen molar-refractivity contribution in [3.8, 4) is 0 Å². The first-order valence-electron chi connectivity index (χ1n) is 29.0. The molecular weight excluding hydrogens is 877 g/mol. The summed E-state index contributed by atoms with van der Waals surface area (Å²) in [6.07, 6.45) is 80.6. The fourth-order valence-electron chi connectivity index (χ4n) is 7.59. The number of rotatable bonds is 51. The van der Waals surface area contributed by atoms with Crippen LogP contribution in [0.2, 0.25) is 0 Å². The highest BCUT2D eigenvalue weighted by Gasteiger charge is 2.19. The van der Waals surface area contributed by atoms with Gasteiger partial charge in [0.05, 0.1) is 0 Å². The molecule has 0 rings (SSSR count). The van der Waals surface area contributed by atoms with E-state index in [4.69, 9.17) is 14.2 Å². The van der Waals surface area contributed by atoms with Crippen LogP contribution < -0.4 is 0 Å². The van der Waals surface area contributed by atoms with Crippen LogP contribution in [0.25, 0.3) is 0 Å². The molecule has 0 spiro atoms. The van der Waals surface area contributed by atoms with E-state index in [1.807, 2.05) is 12.2 Å². The van der Waals surface area contributed by atoms with Crippen molar-refractivity contribution in [2.45, 2.75) is 258 Å². The van der Waals surface area contributed by atoms with Gasteiger partial charge in [-0.25, -0.2) is 0 Å². The quantitative estimate of drug-likeness (QED) is 0.0261. The highest BCUT2D eigenvalue weighted by atomic mass is 16.6. The molecule has 71 heavy (non-hydrogen) atoms. The Balaban J connectivity index is 4.49. The van der Waals surface area contributed by atoms with E-state index in [0.717, 1.165) is 116 Å². The van der Waals surface area contributed by atoms with Crippen LogP contribution in [0.3, 0.4) is 0 Å². The van der Waals surface area contributed by atoms with Crippen molar-refractivity contribution in [2.75, 3.05) is 13.2 Å².